The maximum Gasteiger partial charge on any atom is 0.228 e. The SMILES string of the molecule is OCC1O[C@H](Oc2ccc(Cl)c(Cl)c2)C(O)[C@@H](n2cc(-c3cc(F)c(F)c(F)c3)nn2)[C@H]1O. The van der Waals surface area contributed by atoms with Crippen LogP contribution in [-0.4, -0.2) is 61.5 Å². The predicted octanol–water partition coefficient (Wildman–Crippen LogP) is 2.73. The third-order valence-electron chi connectivity index (χ3n) is 5.09. The van der Waals surface area contributed by atoms with Gasteiger partial charge in [0.15, 0.2) is 17.5 Å². The number of rotatable bonds is 5. The van der Waals surface area contributed by atoms with Gasteiger partial charge >= 0.3 is 0 Å². The third kappa shape index (κ3) is 4.65. The second-order valence-corrected chi connectivity index (χ2v) is 8.04. The number of ether oxygens (including phenoxy) is 2. The molecule has 1 saturated heterocycles. The summed E-state index contributed by atoms with van der Waals surface area (Å²) in [6.07, 6.45) is -4.36. The Morgan fingerprint density at radius 1 is 1.03 bits per heavy atom. The van der Waals surface area contributed by atoms with Crippen molar-refractivity contribution in [1.82, 2.24) is 15.0 Å². The molecule has 2 unspecified atom stereocenters. The van der Waals surface area contributed by atoms with Crippen molar-refractivity contribution in [1.29, 1.82) is 0 Å². The summed E-state index contributed by atoms with van der Waals surface area (Å²) in [5, 5.41) is 39.2. The zero-order valence-electron chi connectivity index (χ0n) is 16.4. The summed E-state index contributed by atoms with van der Waals surface area (Å²) in [6.45, 7) is -0.623. The Morgan fingerprint density at radius 3 is 2.36 bits per heavy atom. The lowest BCUT2D eigenvalue weighted by Gasteiger charge is -2.41. The van der Waals surface area contributed by atoms with Crippen LogP contribution in [0.2, 0.25) is 10.0 Å². The summed E-state index contributed by atoms with van der Waals surface area (Å²) >= 11 is 11.9. The van der Waals surface area contributed by atoms with E-state index in [2.05, 4.69) is 10.3 Å². The Hall–Kier alpha value is -2.41. The van der Waals surface area contributed by atoms with E-state index in [9.17, 15) is 28.5 Å². The monoisotopic (exact) mass is 505 g/mol. The number of hydrogen-bond acceptors (Lipinski definition) is 7. The number of benzene rings is 2. The Morgan fingerprint density at radius 2 is 1.73 bits per heavy atom. The summed E-state index contributed by atoms with van der Waals surface area (Å²) in [6, 6.07) is 4.56. The first kappa shape index (κ1) is 23.7. The molecule has 3 aromatic rings. The molecule has 1 fully saturated rings. The average molecular weight is 506 g/mol. The van der Waals surface area contributed by atoms with Crippen molar-refractivity contribution in [3.8, 4) is 17.0 Å². The van der Waals surface area contributed by atoms with Gasteiger partial charge in [0.25, 0.3) is 0 Å². The molecule has 176 valence electrons. The van der Waals surface area contributed by atoms with Gasteiger partial charge in [-0.05, 0) is 24.3 Å². The fraction of sp³-hybridized carbons (Fsp3) is 0.300. The highest BCUT2D eigenvalue weighted by Gasteiger charge is 2.47. The maximum atomic E-state index is 13.6. The van der Waals surface area contributed by atoms with E-state index in [0.29, 0.717) is 0 Å². The molecule has 1 aliphatic rings. The molecule has 13 heteroatoms. The van der Waals surface area contributed by atoms with Crippen LogP contribution in [-0.2, 0) is 4.74 Å². The molecule has 1 aromatic heterocycles. The second-order valence-electron chi connectivity index (χ2n) is 7.23. The fourth-order valence-corrected chi connectivity index (χ4v) is 3.71. The van der Waals surface area contributed by atoms with Gasteiger partial charge in [0.05, 0.1) is 22.8 Å². The lowest BCUT2D eigenvalue weighted by molar-refractivity contribution is -0.260. The van der Waals surface area contributed by atoms with Crippen LogP contribution in [0.4, 0.5) is 13.2 Å². The summed E-state index contributed by atoms with van der Waals surface area (Å²) in [4.78, 5) is 0. The molecule has 3 N–H and O–H groups in total. The summed E-state index contributed by atoms with van der Waals surface area (Å²) in [5.74, 6) is -4.27. The van der Waals surface area contributed by atoms with Crippen LogP contribution in [0.3, 0.4) is 0 Å². The molecule has 0 saturated carbocycles. The van der Waals surface area contributed by atoms with Gasteiger partial charge in [-0.25, -0.2) is 17.9 Å². The largest absolute Gasteiger partial charge is 0.462 e. The van der Waals surface area contributed by atoms with Crippen LogP contribution >= 0.6 is 23.2 Å². The van der Waals surface area contributed by atoms with Crippen LogP contribution in [0.1, 0.15) is 6.04 Å². The molecule has 0 bridgehead atoms. The van der Waals surface area contributed by atoms with Crippen molar-refractivity contribution in [2.24, 2.45) is 0 Å². The highest BCUT2D eigenvalue weighted by atomic mass is 35.5. The Labute approximate surface area is 194 Å². The Balaban J connectivity index is 1.63. The van der Waals surface area contributed by atoms with Crippen molar-refractivity contribution in [2.75, 3.05) is 6.61 Å². The topological polar surface area (TPSA) is 110 Å². The smallest absolute Gasteiger partial charge is 0.228 e. The first-order valence-electron chi connectivity index (χ1n) is 9.50. The molecule has 0 radical (unpaired) electrons. The van der Waals surface area contributed by atoms with E-state index >= 15 is 0 Å². The summed E-state index contributed by atoms with van der Waals surface area (Å²) in [5.41, 5.74) is -0.169. The van der Waals surface area contributed by atoms with Gasteiger partial charge in [0.2, 0.25) is 6.29 Å². The van der Waals surface area contributed by atoms with Crippen LogP contribution < -0.4 is 4.74 Å². The van der Waals surface area contributed by atoms with Gasteiger partial charge in [-0.15, -0.1) is 5.10 Å². The number of aliphatic hydroxyl groups is 3. The predicted molar refractivity (Wildman–Crippen MR) is 109 cm³/mol. The molecular formula is C20H16Cl2F3N3O5. The minimum atomic E-state index is -1.63. The quantitative estimate of drug-likeness (QED) is 0.457. The molecule has 4 rings (SSSR count). The Bertz CT molecular complexity index is 1140. The minimum absolute atomic E-state index is 0.0545. The first-order chi connectivity index (χ1) is 15.7. The van der Waals surface area contributed by atoms with Gasteiger partial charge in [-0.2, -0.15) is 0 Å². The molecule has 1 aliphatic heterocycles. The molecule has 0 spiro atoms. The molecular weight excluding hydrogens is 490 g/mol. The number of halogens is 5. The van der Waals surface area contributed by atoms with E-state index in [1.165, 1.54) is 24.4 Å². The van der Waals surface area contributed by atoms with Crippen molar-refractivity contribution < 1.29 is 38.0 Å². The average Bonchev–Trinajstić information content (AvgIpc) is 3.26. The Kier molecular flexibility index (Phi) is 6.80. The van der Waals surface area contributed by atoms with E-state index < -0.39 is 54.7 Å². The van der Waals surface area contributed by atoms with E-state index in [1.807, 2.05) is 0 Å². The van der Waals surface area contributed by atoms with Gasteiger partial charge < -0.3 is 24.8 Å². The van der Waals surface area contributed by atoms with Crippen molar-refractivity contribution in [2.45, 2.75) is 30.6 Å². The third-order valence-corrected chi connectivity index (χ3v) is 5.83. The van der Waals surface area contributed by atoms with E-state index in [1.54, 1.807) is 0 Å². The molecule has 0 aliphatic carbocycles. The van der Waals surface area contributed by atoms with Gasteiger partial charge in [0, 0.05) is 11.6 Å². The first-order valence-corrected chi connectivity index (χ1v) is 10.3. The van der Waals surface area contributed by atoms with Gasteiger partial charge in [-0.1, -0.05) is 28.4 Å². The van der Waals surface area contributed by atoms with Crippen molar-refractivity contribution >= 4 is 23.2 Å². The van der Waals surface area contributed by atoms with Crippen molar-refractivity contribution in [3.63, 3.8) is 0 Å². The zero-order valence-corrected chi connectivity index (χ0v) is 18.0. The molecule has 0 amide bonds. The molecule has 8 nitrogen and oxygen atoms in total. The van der Waals surface area contributed by atoms with Crippen LogP contribution in [0, 0.1) is 17.5 Å². The molecule has 5 atom stereocenters. The number of aliphatic hydroxyl groups excluding tert-OH is 3. The highest BCUT2D eigenvalue weighted by molar-refractivity contribution is 6.42. The molecule has 2 heterocycles. The summed E-state index contributed by atoms with van der Waals surface area (Å²) in [7, 11) is 0. The van der Waals surface area contributed by atoms with E-state index in [0.717, 1.165) is 16.8 Å². The van der Waals surface area contributed by atoms with Crippen molar-refractivity contribution in [3.05, 3.63) is 64.0 Å². The number of hydrogen-bond donors (Lipinski definition) is 3. The standard InChI is InChI=1S/C20H16Cl2F3N3O5/c21-10-2-1-9(5-11(10)22)32-20-19(31)17(18(30)15(7-29)33-20)28-6-14(26-27-28)8-3-12(23)16(25)13(24)4-8/h1-6,15,17-20,29-31H,7H2/t15?,17-,18-,19?,20-/m0/s1. The number of aromatic nitrogens is 3. The van der Waals surface area contributed by atoms with E-state index in [-0.39, 0.29) is 27.1 Å². The van der Waals surface area contributed by atoms with Gasteiger partial charge in [0.1, 0.15) is 35.8 Å². The second kappa shape index (κ2) is 9.45. The lowest BCUT2D eigenvalue weighted by Crippen LogP contribution is -2.57. The van der Waals surface area contributed by atoms with E-state index in [4.69, 9.17) is 32.7 Å². The van der Waals surface area contributed by atoms with Crippen LogP contribution in [0.15, 0.2) is 36.5 Å². The highest BCUT2D eigenvalue weighted by Crippen LogP contribution is 2.34. The van der Waals surface area contributed by atoms with Crippen LogP contribution in [0.5, 0.6) is 5.75 Å². The van der Waals surface area contributed by atoms with Crippen LogP contribution in [0.25, 0.3) is 11.3 Å². The normalized spacial score (nSPS) is 25.3. The molecule has 33 heavy (non-hydrogen) atoms. The van der Waals surface area contributed by atoms with Gasteiger partial charge in [-0.3, -0.25) is 0 Å². The number of nitrogens with zero attached hydrogens (tertiary/aromatic N) is 3. The summed E-state index contributed by atoms with van der Waals surface area (Å²) < 4.78 is 52.6. The minimum Gasteiger partial charge on any atom is -0.462 e. The molecule has 2 aromatic carbocycles. The zero-order chi connectivity index (χ0) is 23.9. The maximum absolute atomic E-state index is 13.6. The fourth-order valence-electron chi connectivity index (χ4n) is 3.42. The lowest BCUT2D eigenvalue weighted by atomic mass is 9.96.